The molecule has 1 spiro atoms. The van der Waals surface area contributed by atoms with Crippen LogP contribution >= 0.6 is 0 Å². The fourth-order valence-electron chi connectivity index (χ4n) is 16.3. The molecule has 3 aliphatic heterocycles. The van der Waals surface area contributed by atoms with Crippen molar-refractivity contribution in [3.8, 4) is 28.2 Å². The Balaban J connectivity index is 1.18. The Hall–Kier alpha value is -7.56. The summed E-state index contributed by atoms with van der Waals surface area (Å²) in [7, 11) is 0. The van der Waals surface area contributed by atoms with Crippen molar-refractivity contribution in [3.63, 3.8) is 0 Å². The Morgan fingerprint density at radius 1 is 0.353 bits per heavy atom. The Labute approximate surface area is 504 Å². The van der Waals surface area contributed by atoms with Gasteiger partial charge in [0.05, 0.1) is 33.0 Å². The highest BCUT2D eigenvalue weighted by atomic mass is 15.1. The van der Waals surface area contributed by atoms with Gasteiger partial charge < -0.3 is 13.7 Å². The molecule has 0 atom stereocenters. The fraction of sp³-hybridized carbons (Fsp3) is 0.333. The third kappa shape index (κ3) is 6.81. The molecule has 16 rings (SSSR count). The molecule has 3 aromatic heterocycles. The molecule has 4 aliphatic rings. The smallest absolute Gasteiger partial charge is 0.253 e. The van der Waals surface area contributed by atoms with E-state index in [2.05, 4.69) is 285 Å². The van der Waals surface area contributed by atoms with Crippen LogP contribution in [0.25, 0.3) is 93.6 Å². The number of hydrogen-bond acceptors (Lipinski definition) is 0. The van der Waals surface area contributed by atoms with Gasteiger partial charge in [0.15, 0.2) is 0 Å². The topological polar surface area (TPSA) is 14.8 Å². The molecular weight excluding hydrogens is 1030 g/mol. The summed E-state index contributed by atoms with van der Waals surface area (Å²) in [5.74, 6) is 0.719. The van der Waals surface area contributed by atoms with Crippen molar-refractivity contribution in [2.24, 2.45) is 0 Å². The third-order valence-corrected chi connectivity index (χ3v) is 21.1. The van der Waals surface area contributed by atoms with Crippen LogP contribution in [-0.4, -0.2) is 20.4 Å². The van der Waals surface area contributed by atoms with Gasteiger partial charge in [0.2, 0.25) is 0 Å². The minimum Gasteiger partial charge on any atom is -0.310 e. The zero-order chi connectivity index (χ0) is 59.6. The van der Waals surface area contributed by atoms with Gasteiger partial charge in [-0.25, -0.2) is 0 Å². The summed E-state index contributed by atoms with van der Waals surface area (Å²) in [6.07, 6.45) is 0. The molecule has 4 heteroatoms. The maximum Gasteiger partial charge on any atom is 0.253 e. The van der Waals surface area contributed by atoms with Crippen LogP contribution in [0.1, 0.15) is 205 Å². The van der Waals surface area contributed by atoms with Crippen LogP contribution in [0.4, 0.5) is 0 Å². The molecular formula is C81H82BN3. The second kappa shape index (κ2) is 16.5. The van der Waals surface area contributed by atoms with E-state index in [1.165, 1.54) is 171 Å². The molecule has 0 radical (unpaired) electrons. The van der Waals surface area contributed by atoms with E-state index in [-0.39, 0.29) is 33.8 Å². The van der Waals surface area contributed by atoms with Gasteiger partial charge in [-0.2, -0.15) is 0 Å². The quantitative estimate of drug-likeness (QED) is 0.157. The van der Waals surface area contributed by atoms with E-state index in [1.54, 1.807) is 0 Å². The molecule has 12 aromatic rings. The van der Waals surface area contributed by atoms with Crippen molar-refractivity contribution >= 4 is 88.5 Å². The van der Waals surface area contributed by atoms with Crippen LogP contribution < -0.4 is 16.4 Å². The summed E-state index contributed by atoms with van der Waals surface area (Å²) in [5.41, 5.74) is 32.9. The lowest BCUT2D eigenvalue weighted by molar-refractivity contribution is 0.583. The van der Waals surface area contributed by atoms with Crippen LogP contribution in [-0.2, 0) is 32.5 Å². The molecule has 0 saturated heterocycles. The number of aromatic nitrogens is 3. The van der Waals surface area contributed by atoms with Gasteiger partial charge in [0.25, 0.3) is 6.71 Å². The largest absolute Gasteiger partial charge is 0.310 e. The average molecular weight is 1110 g/mol. The van der Waals surface area contributed by atoms with E-state index >= 15 is 0 Å². The van der Waals surface area contributed by atoms with Crippen molar-refractivity contribution in [1.29, 1.82) is 0 Å². The highest BCUT2D eigenvalue weighted by molar-refractivity contribution is 7.02. The second-order valence-corrected chi connectivity index (χ2v) is 32.2. The molecule has 0 unspecified atom stereocenters. The maximum atomic E-state index is 2.84. The van der Waals surface area contributed by atoms with Crippen molar-refractivity contribution in [2.75, 3.05) is 0 Å². The number of nitrogens with zero attached hydrogens (tertiary/aromatic N) is 3. The molecule has 0 amide bonds. The number of benzene rings is 9. The molecule has 424 valence electrons. The fourth-order valence-corrected chi connectivity index (χ4v) is 16.3. The van der Waals surface area contributed by atoms with Gasteiger partial charge >= 0.3 is 0 Å². The Bertz CT molecular complexity index is 4940. The molecule has 0 N–H and O–H groups in total. The highest BCUT2D eigenvalue weighted by Gasteiger charge is 2.56. The molecule has 9 aromatic carbocycles. The highest BCUT2D eigenvalue weighted by Crippen LogP contribution is 2.63. The van der Waals surface area contributed by atoms with E-state index in [9.17, 15) is 0 Å². The first kappa shape index (κ1) is 53.0. The summed E-state index contributed by atoms with van der Waals surface area (Å²) in [6.45, 7) is 45.3. The Morgan fingerprint density at radius 2 is 0.882 bits per heavy atom. The monoisotopic (exact) mass is 1110 g/mol. The van der Waals surface area contributed by atoms with Crippen LogP contribution in [0.5, 0.6) is 0 Å². The maximum absolute atomic E-state index is 2.84. The third-order valence-electron chi connectivity index (χ3n) is 21.1. The van der Waals surface area contributed by atoms with E-state index in [1.807, 2.05) is 0 Å². The average Bonchev–Trinajstić information content (AvgIpc) is 1.55. The van der Waals surface area contributed by atoms with Gasteiger partial charge in [-0.05, 0) is 182 Å². The van der Waals surface area contributed by atoms with Gasteiger partial charge in [-0.3, -0.25) is 0 Å². The molecule has 0 saturated carbocycles. The molecule has 6 heterocycles. The normalized spacial score (nSPS) is 15.0. The summed E-state index contributed by atoms with van der Waals surface area (Å²) >= 11 is 0. The van der Waals surface area contributed by atoms with Crippen molar-refractivity contribution in [1.82, 2.24) is 13.7 Å². The zero-order valence-corrected chi connectivity index (χ0v) is 53.9. The summed E-state index contributed by atoms with van der Waals surface area (Å²) in [5, 5.41) is 8.07. The Morgan fingerprint density at radius 3 is 1.47 bits per heavy atom. The summed E-state index contributed by atoms with van der Waals surface area (Å²) < 4.78 is 8.23. The van der Waals surface area contributed by atoms with Crippen molar-refractivity contribution in [2.45, 2.75) is 176 Å². The predicted molar refractivity (Wildman–Crippen MR) is 367 cm³/mol. The number of fused-ring (bicyclic) bond motifs is 18. The first-order chi connectivity index (χ1) is 40.0. The first-order valence-electron chi connectivity index (χ1n) is 31.8. The van der Waals surface area contributed by atoms with Crippen LogP contribution in [0.15, 0.2) is 140 Å². The molecule has 3 nitrogen and oxygen atoms in total. The Kier molecular flexibility index (Phi) is 10.3. The standard InChI is InChI=1S/C81H82BN3/c1-43(2)45-21-32-65-59(34-45)69-68(83(65)52-26-22-47(23-27-52)76(5,6)7)42-58-55-28-20-46(44(3)4)35-67(55)84-66-33-31-60-75-70(66)82(71(69)74(58)84)64-41-51(80(17,18)19)37-57-56-36-50(79(14,15)16)40-63(72(56)85(75)73(57)64)81(60)61-38-48(77(8,9)10)24-29-53(61)54-30-25-49(39-62(54)81)78(11,12)13/h20-44H,1-19H3. The lowest BCUT2D eigenvalue weighted by Gasteiger charge is -2.45. The number of hydrogen-bond donors (Lipinski definition) is 0. The molecule has 85 heavy (non-hydrogen) atoms. The van der Waals surface area contributed by atoms with E-state index in [0.717, 1.165) is 0 Å². The first-order valence-corrected chi connectivity index (χ1v) is 31.8. The molecule has 0 bridgehead atoms. The molecule has 0 fully saturated rings. The SMILES string of the molecule is CC(C)c1ccc2c(c1)c1c3c4c(cc1n2-c1ccc(C(C)(C)C)cc1)c1ccc(C(C)C)cc1n4-c1ccc2c4c1B3c1cc(C(C)(C)C)cc3c5cc(C(C)(C)C)cc(c5n-4c13)C21c2cc(C(C)(C)C)ccc2-c2ccc(C(C)(C)C)cc21. The van der Waals surface area contributed by atoms with Gasteiger partial charge in [-0.15, -0.1) is 0 Å². The van der Waals surface area contributed by atoms with Crippen LogP contribution in [0.3, 0.4) is 0 Å². The van der Waals surface area contributed by atoms with Gasteiger partial charge in [0, 0.05) is 54.9 Å². The van der Waals surface area contributed by atoms with Gasteiger partial charge in [-0.1, -0.05) is 216 Å². The summed E-state index contributed by atoms with van der Waals surface area (Å²) in [6, 6.07) is 58.0. The van der Waals surface area contributed by atoms with E-state index < -0.39 is 5.41 Å². The lowest BCUT2D eigenvalue weighted by Crippen LogP contribution is -2.61. The van der Waals surface area contributed by atoms with Gasteiger partial charge in [0.1, 0.15) is 0 Å². The van der Waals surface area contributed by atoms with Crippen LogP contribution in [0.2, 0.25) is 0 Å². The van der Waals surface area contributed by atoms with E-state index in [4.69, 9.17) is 0 Å². The minimum absolute atomic E-state index is 0.0293. The zero-order valence-electron chi connectivity index (χ0n) is 53.9. The predicted octanol–water partition coefficient (Wildman–Crippen LogP) is 19.5. The summed E-state index contributed by atoms with van der Waals surface area (Å²) in [4.78, 5) is 0. The second-order valence-electron chi connectivity index (χ2n) is 32.2. The van der Waals surface area contributed by atoms with Crippen LogP contribution in [0, 0.1) is 0 Å². The van der Waals surface area contributed by atoms with Crippen molar-refractivity contribution < 1.29 is 0 Å². The number of rotatable bonds is 3. The molecule has 1 aliphatic carbocycles. The van der Waals surface area contributed by atoms with Crippen molar-refractivity contribution in [3.05, 3.63) is 201 Å². The van der Waals surface area contributed by atoms with E-state index in [0.29, 0.717) is 11.8 Å². The minimum atomic E-state index is -0.650. The lowest BCUT2D eigenvalue weighted by atomic mass is 9.33.